The molecular formula is C20H20FN3O3S. The molecule has 0 atom stereocenters. The van der Waals surface area contributed by atoms with Gasteiger partial charge in [-0.2, -0.15) is 4.31 Å². The molecule has 0 radical (unpaired) electrons. The van der Waals surface area contributed by atoms with Crippen molar-refractivity contribution in [3.05, 3.63) is 70.8 Å². The van der Waals surface area contributed by atoms with Gasteiger partial charge in [-0.05, 0) is 53.5 Å². The van der Waals surface area contributed by atoms with Crippen LogP contribution < -0.4 is 0 Å². The monoisotopic (exact) mass is 401 g/mol. The van der Waals surface area contributed by atoms with Gasteiger partial charge < -0.3 is 4.90 Å². The second-order valence-corrected chi connectivity index (χ2v) is 9.10. The highest BCUT2D eigenvalue weighted by Crippen LogP contribution is 2.30. The van der Waals surface area contributed by atoms with Gasteiger partial charge in [0.15, 0.2) is 0 Å². The van der Waals surface area contributed by atoms with E-state index in [4.69, 9.17) is 0 Å². The van der Waals surface area contributed by atoms with Crippen LogP contribution in [0.15, 0.2) is 58.8 Å². The first-order chi connectivity index (χ1) is 13.3. The van der Waals surface area contributed by atoms with Crippen molar-refractivity contribution in [2.45, 2.75) is 18.2 Å². The minimum absolute atomic E-state index is 0.0363. The van der Waals surface area contributed by atoms with E-state index in [0.29, 0.717) is 26.2 Å². The van der Waals surface area contributed by atoms with E-state index in [1.54, 1.807) is 24.0 Å². The Morgan fingerprint density at radius 2 is 1.86 bits per heavy atom. The van der Waals surface area contributed by atoms with Gasteiger partial charge in [-0.25, -0.2) is 12.8 Å². The van der Waals surface area contributed by atoms with Crippen LogP contribution in [-0.4, -0.2) is 54.7 Å². The van der Waals surface area contributed by atoms with Crippen molar-refractivity contribution in [2.75, 3.05) is 26.2 Å². The molecule has 2 aromatic rings. The molecule has 3 heterocycles. The van der Waals surface area contributed by atoms with Crippen molar-refractivity contribution < 1.29 is 17.6 Å². The van der Waals surface area contributed by atoms with Crippen molar-refractivity contribution in [2.24, 2.45) is 0 Å². The number of amides is 1. The molecule has 0 fully saturated rings. The Kier molecular flexibility index (Phi) is 4.76. The summed E-state index contributed by atoms with van der Waals surface area (Å²) in [5, 5.41) is 0. The van der Waals surface area contributed by atoms with Gasteiger partial charge in [0.1, 0.15) is 10.7 Å². The Labute approximate surface area is 163 Å². The van der Waals surface area contributed by atoms with Crippen LogP contribution in [0.4, 0.5) is 4.39 Å². The first-order valence-electron chi connectivity index (χ1n) is 8.97. The van der Waals surface area contributed by atoms with Gasteiger partial charge in [0.25, 0.3) is 0 Å². The lowest BCUT2D eigenvalue weighted by Gasteiger charge is -2.23. The molecule has 2 aliphatic rings. The van der Waals surface area contributed by atoms with Crippen molar-refractivity contribution in [1.29, 1.82) is 0 Å². The Bertz CT molecular complexity index is 1050. The second-order valence-electron chi connectivity index (χ2n) is 7.17. The quantitative estimate of drug-likeness (QED) is 0.734. The van der Waals surface area contributed by atoms with E-state index < -0.39 is 10.0 Å². The van der Waals surface area contributed by atoms with Crippen LogP contribution in [0.5, 0.6) is 0 Å². The summed E-state index contributed by atoms with van der Waals surface area (Å²) in [5.74, 6) is -0.351. The summed E-state index contributed by atoms with van der Waals surface area (Å²) in [6.45, 7) is 3.26. The van der Waals surface area contributed by atoms with Gasteiger partial charge in [-0.1, -0.05) is 6.07 Å². The summed E-state index contributed by atoms with van der Waals surface area (Å²) >= 11 is 0. The van der Waals surface area contributed by atoms with Gasteiger partial charge in [0.2, 0.25) is 15.9 Å². The molecule has 4 rings (SSSR count). The number of carbonyl (C=O) groups is 1. The van der Waals surface area contributed by atoms with E-state index in [0.717, 1.165) is 22.3 Å². The molecule has 0 N–H and O–H groups in total. The van der Waals surface area contributed by atoms with Gasteiger partial charge in [-0.3, -0.25) is 9.78 Å². The molecular weight excluding hydrogens is 381 g/mol. The third-order valence-corrected chi connectivity index (χ3v) is 7.04. The molecule has 0 bridgehead atoms. The third kappa shape index (κ3) is 3.45. The van der Waals surface area contributed by atoms with Gasteiger partial charge in [-0.15, -0.1) is 0 Å². The van der Waals surface area contributed by atoms with Crippen LogP contribution >= 0.6 is 0 Å². The number of rotatable bonds is 4. The smallest absolute Gasteiger partial charge is 0.245 e. The normalized spacial score (nSPS) is 17.3. The Balaban J connectivity index is 1.40. The maximum Gasteiger partial charge on any atom is 0.245 e. The first kappa shape index (κ1) is 18.8. The van der Waals surface area contributed by atoms with E-state index >= 15 is 0 Å². The van der Waals surface area contributed by atoms with Gasteiger partial charge in [0, 0.05) is 38.6 Å². The zero-order valence-corrected chi connectivity index (χ0v) is 16.2. The van der Waals surface area contributed by atoms with Crippen LogP contribution in [0.3, 0.4) is 0 Å². The van der Waals surface area contributed by atoms with Crippen molar-refractivity contribution >= 4 is 15.9 Å². The average Bonchev–Trinajstić information content (AvgIpc) is 3.24. The molecule has 2 aliphatic heterocycles. The molecule has 6 nitrogen and oxygen atoms in total. The molecule has 1 amide bonds. The highest BCUT2D eigenvalue weighted by atomic mass is 32.2. The Morgan fingerprint density at radius 1 is 1.14 bits per heavy atom. The number of sulfonamides is 1. The van der Waals surface area contributed by atoms with E-state index in [2.05, 4.69) is 4.98 Å². The lowest BCUT2D eigenvalue weighted by Crippen LogP contribution is -2.37. The number of hydrogen-bond acceptors (Lipinski definition) is 4. The summed E-state index contributed by atoms with van der Waals surface area (Å²) in [5.41, 5.74) is 3.52. The zero-order valence-electron chi connectivity index (χ0n) is 15.4. The Morgan fingerprint density at radius 3 is 2.46 bits per heavy atom. The van der Waals surface area contributed by atoms with E-state index in [-0.39, 0.29) is 23.0 Å². The standard InChI is InChI=1S/C20H20FN3O3S/c1-14-7-18(21)5-4-15(14)8-20(25)23-10-16-12-24(13-17(16)11-23)28(26,27)19-3-2-6-22-9-19/h2-7,9H,8,10-13H2,1H3. The van der Waals surface area contributed by atoms with Crippen molar-refractivity contribution in [3.63, 3.8) is 0 Å². The molecule has 0 spiro atoms. The molecule has 0 unspecified atom stereocenters. The summed E-state index contributed by atoms with van der Waals surface area (Å²) in [7, 11) is -3.59. The summed E-state index contributed by atoms with van der Waals surface area (Å²) in [6, 6.07) is 7.56. The summed E-state index contributed by atoms with van der Waals surface area (Å²) < 4.78 is 40.1. The number of aromatic nitrogens is 1. The molecule has 1 aromatic carbocycles. The molecule has 0 aliphatic carbocycles. The number of benzene rings is 1. The Hall–Kier alpha value is -2.58. The summed E-state index contributed by atoms with van der Waals surface area (Å²) in [4.78, 5) is 18.4. The molecule has 146 valence electrons. The van der Waals surface area contributed by atoms with E-state index in [1.165, 1.54) is 34.9 Å². The highest BCUT2D eigenvalue weighted by Gasteiger charge is 2.37. The van der Waals surface area contributed by atoms with E-state index in [9.17, 15) is 17.6 Å². The predicted molar refractivity (Wildman–Crippen MR) is 101 cm³/mol. The molecule has 0 saturated heterocycles. The van der Waals surface area contributed by atoms with E-state index in [1.807, 2.05) is 0 Å². The lowest BCUT2D eigenvalue weighted by atomic mass is 10.1. The number of nitrogens with zero attached hydrogens (tertiary/aromatic N) is 3. The van der Waals surface area contributed by atoms with Gasteiger partial charge in [0.05, 0.1) is 6.42 Å². The third-order valence-electron chi connectivity index (χ3n) is 5.27. The van der Waals surface area contributed by atoms with Crippen LogP contribution in [0.2, 0.25) is 0 Å². The first-order valence-corrected chi connectivity index (χ1v) is 10.4. The zero-order chi connectivity index (χ0) is 19.9. The summed E-state index contributed by atoms with van der Waals surface area (Å²) in [6.07, 6.45) is 3.09. The number of aryl methyl sites for hydroxylation is 1. The van der Waals surface area contributed by atoms with Crippen molar-refractivity contribution in [3.8, 4) is 0 Å². The maximum absolute atomic E-state index is 13.2. The SMILES string of the molecule is Cc1cc(F)ccc1CC(=O)N1CC2=C(C1)CN(S(=O)(=O)c1cccnc1)C2. The number of carbonyl (C=O) groups excluding carboxylic acids is 1. The fourth-order valence-corrected chi connectivity index (χ4v) is 5.07. The average molecular weight is 401 g/mol. The van der Waals surface area contributed by atoms with Gasteiger partial charge >= 0.3 is 0 Å². The number of halogens is 1. The lowest BCUT2D eigenvalue weighted by molar-refractivity contribution is -0.129. The maximum atomic E-state index is 13.2. The highest BCUT2D eigenvalue weighted by molar-refractivity contribution is 7.89. The van der Waals surface area contributed by atoms with Crippen molar-refractivity contribution in [1.82, 2.24) is 14.2 Å². The predicted octanol–water partition coefficient (Wildman–Crippen LogP) is 1.91. The van der Waals surface area contributed by atoms with Crippen LogP contribution in [0.25, 0.3) is 0 Å². The van der Waals surface area contributed by atoms with Crippen LogP contribution in [0.1, 0.15) is 11.1 Å². The molecule has 28 heavy (non-hydrogen) atoms. The molecule has 0 saturated carbocycles. The number of hydrogen-bond donors (Lipinski definition) is 0. The fraction of sp³-hybridized carbons (Fsp3) is 0.300. The second kappa shape index (κ2) is 7.10. The topological polar surface area (TPSA) is 70.6 Å². The van der Waals surface area contributed by atoms with Crippen LogP contribution in [0, 0.1) is 12.7 Å². The molecule has 8 heteroatoms. The minimum Gasteiger partial charge on any atom is -0.334 e. The van der Waals surface area contributed by atoms with Crippen LogP contribution in [-0.2, 0) is 21.2 Å². The number of pyridine rings is 1. The minimum atomic E-state index is -3.59. The fourth-order valence-electron chi connectivity index (χ4n) is 3.67. The molecule has 1 aromatic heterocycles. The largest absolute Gasteiger partial charge is 0.334 e.